The molecule has 0 N–H and O–H groups in total. The molecule has 0 unspecified atom stereocenters. The first-order valence-corrected chi connectivity index (χ1v) is 19.3. The first kappa shape index (κ1) is 38.0. The second-order valence-corrected chi connectivity index (χ2v) is 13.4. The van der Waals surface area contributed by atoms with Crippen molar-refractivity contribution >= 4 is 0 Å². The Kier molecular flexibility index (Phi) is 18.3. The average Bonchev–Trinajstić information content (AvgIpc) is 3.15. The summed E-state index contributed by atoms with van der Waals surface area (Å²) < 4.78 is 11.8. The fourth-order valence-corrected chi connectivity index (χ4v) is 6.05. The Hall–Kier alpha value is -3.80. The van der Waals surface area contributed by atoms with Gasteiger partial charge in [0.1, 0.15) is 0 Å². The zero-order chi connectivity index (χ0) is 34.2. The van der Waals surface area contributed by atoms with E-state index in [1.165, 1.54) is 88.2 Å². The van der Waals surface area contributed by atoms with Crippen LogP contribution in [-0.4, -0.2) is 33.1 Å². The molecule has 2 aromatic carbocycles. The maximum absolute atomic E-state index is 5.90. The molecule has 4 aromatic rings. The molecule has 264 valence electrons. The minimum absolute atomic E-state index is 0.678. The van der Waals surface area contributed by atoms with Gasteiger partial charge in [-0.05, 0) is 49.7 Å². The number of nitrogens with zero attached hydrogens (tertiary/aromatic N) is 4. The number of unbranched alkanes of at least 4 members (excludes halogenated alkanes) is 14. The summed E-state index contributed by atoms with van der Waals surface area (Å²) in [7, 11) is 0. The summed E-state index contributed by atoms with van der Waals surface area (Å²) in [4.78, 5) is 18.2. The largest absolute Gasteiger partial charge is 0.490 e. The van der Waals surface area contributed by atoms with E-state index in [9.17, 15) is 0 Å². The minimum atomic E-state index is 0.678. The van der Waals surface area contributed by atoms with Crippen molar-refractivity contribution < 1.29 is 9.47 Å². The van der Waals surface area contributed by atoms with Gasteiger partial charge in [0.2, 0.25) is 0 Å². The highest BCUT2D eigenvalue weighted by molar-refractivity contribution is 5.56. The van der Waals surface area contributed by atoms with Gasteiger partial charge in [-0.2, -0.15) is 0 Å². The fourth-order valence-electron chi connectivity index (χ4n) is 6.05. The number of ether oxygens (including phenoxy) is 2. The van der Waals surface area contributed by atoms with Gasteiger partial charge in [0, 0.05) is 11.1 Å². The van der Waals surface area contributed by atoms with Crippen LogP contribution in [0, 0.1) is 0 Å². The first-order valence-electron chi connectivity index (χ1n) is 19.3. The highest BCUT2D eigenvalue weighted by Gasteiger charge is 2.05. The lowest BCUT2D eigenvalue weighted by molar-refractivity contribution is 0.291. The smallest absolute Gasteiger partial charge is 0.159 e. The van der Waals surface area contributed by atoms with E-state index in [2.05, 4.69) is 82.3 Å². The molecule has 0 aliphatic rings. The molecule has 0 saturated heterocycles. The molecule has 49 heavy (non-hydrogen) atoms. The van der Waals surface area contributed by atoms with E-state index in [1.807, 2.05) is 0 Å². The summed E-state index contributed by atoms with van der Waals surface area (Å²) in [6.45, 7) is 5.89. The van der Waals surface area contributed by atoms with E-state index < -0.39 is 0 Å². The molecule has 0 amide bonds. The van der Waals surface area contributed by atoms with Crippen LogP contribution in [0.2, 0.25) is 0 Å². The van der Waals surface area contributed by atoms with Crippen LogP contribution in [0.25, 0.3) is 22.8 Å². The van der Waals surface area contributed by atoms with Gasteiger partial charge >= 0.3 is 0 Å². The molecule has 2 aromatic heterocycles. The molecule has 0 aliphatic heterocycles. The van der Waals surface area contributed by atoms with Gasteiger partial charge in [0.05, 0.1) is 38.0 Å². The van der Waals surface area contributed by atoms with E-state index in [1.54, 1.807) is 24.8 Å². The first-order chi connectivity index (χ1) is 24.2. The van der Waals surface area contributed by atoms with Gasteiger partial charge in [-0.25, -0.2) is 19.9 Å². The lowest BCUT2D eigenvalue weighted by atomic mass is 10.0. The van der Waals surface area contributed by atoms with Crippen molar-refractivity contribution in [3.63, 3.8) is 0 Å². The van der Waals surface area contributed by atoms with Crippen molar-refractivity contribution in [3.05, 3.63) is 84.4 Å². The van der Waals surface area contributed by atoms with Crippen molar-refractivity contribution in [2.45, 2.75) is 136 Å². The Labute approximate surface area is 296 Å². The van der Waals surface area contributed by atoms with E-state index in [0.29, 0.717) is 13.2 Å². The van der Waals surface area contributed by atoms with E-state index in [0.717, 1.165) is 79.2 Å². The minimum Gasteiger partial charge on any atom is -0.490 e. The zero-order valence-electron chi connectivity index (χ0n) is 30.4. The van der Waals surface area contributed by atoms with Gasteiger partial charge in [0.15, 0.2) is 23.1 Å². The SMILES string of the molecule is CCCCCCCCc1ccc(-c2ncc(OCCCCCCCOc3cnc(-c4ccc(CCCCCCCC)cc4)nc3)cn2)cc1. The maximum atomic E-state index is 5.90. The molecule has 0 saturated carbocycles. The van der Waals surface area contributed by atoms with Crippen LogP contribution >= 0.6 is 0 Å². The van der Waals surface area contributed by atoms with Crippen LogP contribution in [0.15, 0.2) is 73.3 Å². The number of hydrogen-bond donors (Lipinski definition) is 0. The van der Waals surface area contributed by atoms with Crippen molar-refractivity contribution in [1.82, 2.24) is 19.9 Å². The van der Waals surface area contributed by atoms with Crippen LogP contribution < -0.4 is 9.47 Å². The molecule has 6 nitrogen and oxygen atoms in total. The Morgan fingerprint density at radius 2 is 0.714 bits per heavy atom. The molecule has 0 fully saturated rings. The Balaban J connectivity index is 1.01. The molecule has 0 aliphatic carbocycles. The average molecular weight is 665 g/mol. The van der Waals surface area contributed by atoms with Gasteiger partial charge in [0.25, 0.3) is 0 Å². The molecule has 0 bridgehead atoms. The number of aryl methyl sites for hydroxylation is 2. The molecule has 0 spiro atoms. The molecule has 6 heteroatoms. The highest BCUT2D eigenvalue weighted by Crippen LogP contribution is 2.21. The molecular weight excluding hydrogens is 604 g/mol. The topological polar surface area (TPSA) is 70.0 Å². The third kappa shape index (κ3) is 15.1. The van der Waals surface area contributed by atoms with Crippen LogP contribution in [0.4, 0.5) is 0 Å². The van der Waals surface area contributed by atoms with Crippen LogP contribution in [-0.2, 0) is 12.8 Å². The molecule has 0 radical (unpaired) electrons. The fraction of sp³-hybridized carbons (Fsp3) is 0.535. The predicted octanol–water partition coefficient (Wildman–Crippen LogP) is 11.8. The Morgan fingerprint density at radius 1 is 0.388 bits per heavy atom. The van der Waals surface area contributed by atoms with Crippen LogP contribution in [0.1, 0.15) is 134 Å². The summed E-state index contributed by atoms with van der Waals surface area (Å²) in [6.07, 6.45) is 30.8. The third-order valence-electron chi connectivity index (χ3n) is 9.14. The van der Waals surface area contributed by atoms with Gasteiger partial charge in [-0.15, -0.1) is 0 Å². The summed E-state index contributed by atoms with van der Waals surface area (Å²) in [5.41, 5.74) is 4.88. The van der Waals surface area contributed by atoms with Crippen LogP contribution in [0.5, 0.6) is 11.5 Å². The second kappa shape index (κ2) is 23.5. The Morgan fingerprint density at radius 3 is 1.08 bits per heavy atom. The second-order valence-electron chi connectivity index (χ2n) is 13.4. The number of hydrogen-bond acceptors (Lipinski definition) is 6. The van der Waals surface area contributed by atoms with E-state index in [4.69, 9.17) is 9.47 Å². The standard InChI is InChI=1S/C43H60N4O2/c1-3-5-7-9-12-16-20-36-22-26-38(27-23-36)42-44-32-40(33-45-42)48-30-18-14-11-15-19-31-49-41-34-46-43(47-35-41)39-28-24-37(25-29-39)21-17-13-10-8-6-4-2/h22-29,32-35H,3-21,30-31H2,1-2H3. The summed E-state index contributed by atoms with van der Waals surface area (Å²) in [5.74, 6) is 2.94. The summed E-state index contributed by atoms with van der Waals surface area (Å²) in [5, 5.41) is 0. The number of benzene rings is 2. The van der Waals surface area contributed by atoms with Crippen LogP contribution in [0.3, 0.4) is 0 Å². The van der Waals surface area contributed by atoms with Crippen molar-refractivity contribution in [3.8, 4) is 34.3 Å². The van der Waals surface area contributed by atoms with Gasteiger partial charge < -0.3 is 9.47 Å². The molecule has 2 heterocycles. The van der Waals surface area contributed by atoms with Crippen molar-refractivity contribution in [2.75, 3.05) is 13.2 Å². The summed E-state index contributed by atoms with van der Waals surface area (Å²) in [6, 6.07) is 17.4. The van der Waals surface area contributed by atoms with Crippen molar-refractivity contribution in [2.24, 2.45) is 0 Å². The predicted molar refractivity (Wildman–Crippen MR) is 203 cm³/mol. The van der Waals surface area contributed by atoms with Gasteiger partial charge in [-0.1, -0.05) is 146 Å². The molecular formula is C43H60N4O2. The maximum Gasteiger partial charge on any atom is 0.159 e. The lowest BCUT2D eigenvalue weighted by Gasteiger charge is -2.08. The monoisotopic (exact) mass is 664 g/mol. The molecule has 0 atom stereocenters. The molecule has 4 rings (SSSR count). The number of aromatic nitrogens is 4. The normalized spacial score (nSPS) is 11.1. The lowest BCUT2D eigenvalue weighted by Crippen LogP contribution is -2.00. The quantitative estimate of drug-likeness (QED) is 0.0622. The van der Waals surface area contributed by atoms with Crippen molar-refractivity contribution in [1.29, 1.82) is 0 Å². The van der Waals surface area contributed by atoms with E-state index >= 15 is 0 Å². The number of rotatable bonds is 26. The zero-order valence-corrected chi connectivity index (χ0v) is 30.4. The highest BCUT2D eigenvalue weighted by atomic mass is 16.5. The Bertz CT molecular complexity index is 1280. The summed E-state index contributed by atoms with van der Waals surface area (Å²) >= 11 is 0. The van der Waals surface area contributed by atoms with E-state index in [-0.39, 0.29) is 0 Å². The third-order valence-corrected chi connectivity index (χ3v) is 9.14. The van der Waals surface area contributed by atoms with Gasteiger partial charge in [-0.3, -0.25) is 0 Å².